The molecule has 0 radical (unpaired) electrons. The van der Waals surface area contributed by atoms with Gasteiger partial charge < -0.3 is 4.74 Å². The number of ether oxygens (including phenoxy) is 1. The van der Waals surface area contributed by atoms with Crippen LogP contribution >= 0.6 is 23.4 Å². The monoisotopic (exact) mass is 276 g/mol. The van der Waals surface area contributed by atoms with Gasteiger partial charge in [-0.05, 0) is 30.3 Å². The van der Waals surface area contributed by atoms with Gasteiger partial charge in [-0.2, -0.15) is 5.26 Å². The molecule has 0 atom stereocenters. The van der Waals surface area contributed by atoms with Gasteiger partial charge in [-0.15, -0.1) is 0 Å². The summed E-state index contributed by atoms with van der Waals surface area (Å²) in [4.78, 5) is 5.00. The molecular weight excluding hydrogens is 268 g/mol. The fourth-order valence-electron chi connectivity index (χ4n) is 1.34. The summed E-state index contributed by atoms with van der Waals surface area (Å²) in [5.74, 6) is 0.713. The van der Waals surface area contributed by atoms with E-state index >= 15 is 0 Å². The van der Waals surface area contributed by atoms with Crippen molar-refractivity contribution in [3.63, 3.8) is 0 Å². The van der Waals surface area contributed by atoms with Gasteiger partial charge >= 0.3 is 0 Å². The Morgan fingerprint density at radius 2 is 2.17 bits per heavy atom. The lowest BCUT2D eigenvalue weighted by atomic mass is 10.2. The molecule has 1 aromatic carbocycles. The standard InChI is InChI=1S/C13H9ClN2OS/c1-17-11-4-2-9(7-15)12(6-11)18-13-5-3-10(14)8-16-13/h2-6,8H,1H3. The van der Waals surface area contributed by atoms with E-state index in [4.69, 9.17) is 21.6 Å². The van der Waals surface area contributed by atoms with E-state index in [0.717, 1.165) is 9.92 Å². The minimum absolute atomic E-state index is 0.588. The average Bonchev–Trinajstić information content (AvgIpc) is 2.41. The first-order valence-electron chi connectivity index (χ1n) is 5.10. The number of nitriles is 1. The fourth-order valence-corrected chi connectivity index (χ4v) is 2.32. The predicted molar refractivity (Wildman–Crippen MR) is 71.1 cm³/mol. The van der Waals surface area contributed by atoms with Gasteiger partial charge in [0.1, 0.15) is 16.8 Å². The van der Waals surface area contributed by atoms with Crippen LogP contribution in [0, 0.1) is 11.3 Å². The van der Waals surface area contributed by atoms with Crippen molar-refractivity contribution in [2.75, 3.05) is 7.11 Å². The lowest BCUT2D eigenvalue weighted by molar-refractivity contribution is 0.413. The molecule has 3 nitrogen and oxygen atoms in total. The summed E-state index contributed by atoms with van der Waals surface area (Å²) in [6.07, 6.45) is 1.58. The second-order valence-corrected chi connectivity index (χ2v) is 4.89. The van der Waals surface area contributed by atoms with E-state index in [1.165, 1.54) is 11.8 Å². The number of aromatic nitrogens is 1. The largest absolute Gasteiger partial charge is 0.497 e. The Balaban J connectivity index is 2.32. The molecule has 0 saturated carbocycles. The van der Waals surface area contributed by atoms with Gasteiger partial charge in [-0.1, -0.05) is 23.4 Å². The summed E-state index contributed by atoms with van der Waals surface area (Å²) in [5, 5.41) is 10.4. The maximum Gasteiger partial charge on any atom is 0.120 e. The summed E-state index contributed by atoms with van der Waals surface area (Å²) in [6, 6.07) is 11.0. The molecule has 0 aliphatic heterocycles. The lowest BCUT2D eigenvalue weighted by Gasteiger charge is -2.06. The maximum absolute atomic E-state index is 9.06. The topological polar surface area (TPSA) is 45.9 Å². The van der Waals surface area contributed by atoms with Gasteiger partial charge in [-0.3, -0.25) is 0 Å². The van der Waals surface area contributed by atoms with Gasteiger partial charge in [0.15, 0.2) is 0 Å². The molecule has 0 aliphatic rings. The average molecular weight is 277 g/mol. The lowest BCUT2D eigenvalue weighted by Crippen LogP contribution is -1.87. The Kier molecular flexibility index (Phi) is 4.08. The highest BCUT2D eigenvalue weighted by Crippen LogP contribution is 2.32. The molecule has 0 amide bonds. The predicted octanol–water partition coefficient (Wildman–Crippen LogP) is 3.77. The molecule has 2 rings (SSSR count). The van der Waals surface area contributed by atoms with E-state index in [1.807, 2.05) is 12.1 Å². The highest BCUT2D eigenvalue weighted by atomic mass is 35.5. The highest BCUT2D eigenvalue weighted by Gasteiger charge is 2.07. The Morgan fingerprint density at radius 3 is 2.78 bits per heavy atom. The molecule has 0 bridgehead atoms. The minimum atomic E-state index is 0.588. The van der Waals surface area contributed by atoms with E-state index < -0.39 is 0 Å². The van der Waals surface area contributed by atoms with Crippen molar-refractivity contribution in [1.29, 1.82) is 5.26 Å². The van der Waals surface area contributed by atoms with Crippen molar-refractivity contribution in [1.82, 2.24) is 4.98 Å². The van der Waals surface area contributed by atoms with E-state index in [-0.39, 0.29) is 0 Å². The summed E-state index contributed by atoms with van der Waals surface area (Å²) >= 11 is 7.18. The van der Waals surface area contributed by atoms with Gasteiger partial charge in [0.2, 0.25) is 0 Å². The van der Waals surface area contributed by atoms with Crippen LogP contribution in [0.1, 0.15) is 5.56 Å². The van der Waals surface area contributed by atoms with Crippen LogP contribution in [0.4, 0.5) is 0 Å². The molecule has 1 aromatic heterocycles. The summed E-state index contributed by atoms with van der Waals surface area (Å²) in [5.41, 5.74) is 0.595. The molecule has 5 heteroatoms. The first-order valence-corrected chi connectivity index (χ1v) is 6.30. The van der Waals surface area contributed by atoms with Gasteiger partial charge in [-0.25, -0.2) is 4.98 Å². The van der Waals surface area contributed by atoms with Crippen LogP contribution in [0.3, 0.4) is 0 Å². The third-order valence-corrected chi connectivity index (χ3v) is 3.46. The molecule has 0 fully saturated rings. The van der Waals surface area contributed by atoms with Crippen molar-refractivity contribution in [2.24, 2.45) is 0 Å². The normalized spacial score (nSPS) is 9.83. The number of pyridine rings is 1. The highest BCUT2D eigenvalue weighted by molar-refractivity contribution is 7.99. The SMILES string of the molecule is COc1ccc(C#N)c(Sc2ccc(Cl)cn2)c1. The van der Waals surface area contributed by atoms with Crippen molar-refractivity contribution in [2.45, 2.75) is 9.92 Å². The minimum Gasteiger partial charge on any atom is -0.497 e. The van der Waals surface area contributed by atoms with Gasteiger partial charge in [0, 0.05) is 11.1 Å². The first-order chi connectivity index (χ1) is 8.72. The number of rotatable bonds is 3. The Hall–Kier alpha value is -1.70. The van der Waals surface area contributed by atoms with E-state index in [2.05, 4.69) is 11.1 Å². The second-order valence-electron chi connectivity index (χ2n) is 3.39. The quantitative estimate of drug-likeness (QED) is 0.856. The van der Waals surface area contributed by atoms with E-state index in [9.17, 15) is 0 Å². The number of hydrogen-bond donors (Lipinski definition) is 0. The van der Waals surface area contributed by atoms with Crippen LogP contribution in [0.25, 0.3) is 0 Å². The molecule has 1 heterocycles. The number of methoxy groups -OCH3 is 1. The van der Waals surface area contributed by atoms with Gasteiger partial charge in [0.05, 0.1) is 17.7 Å². The van der Waals surface area contributed by atoms with Crippen molar-refractivity contribution < 1.29 is 4.74 Å². The molecule has 2 aromatic rings. The molecule has 18 heavy (non-hydrogen) atoms. The number of hydrogen-bond acceptors (Lipinski definition) is 4. The maximum atomic E-state index is 9.06. The summed E-state index contributed by atoms with van der Waals surface area (Å²) in [7, 11) is 1.59. The Bertz CT molecular complexity index is 593. The second kappa shape index (κ2) is 5.76. The molecule has 0 spiro atoms. The first kappa shape index (κ1) is 12.7. The number of benzene rings is 1. The summed E-state index contributed by atoms with van der Waals surface area (Å²) in [6.45, 7) is 0. The number of halogens is 1. The smallest absolute Gasteiger partial charge is 0.120 e. The zero-order valence-electron chi connectivity index (χ0n) is 9.55. The van der Waals surface area contributed by atoms with Crippen molar-refractivity contribution >= 4 is 23.4 Å². The van der Waals surface area contributed by atoms with Crippen LogP contribution in [-0.2, 0) is 0 Å². The molecular formula is C13H9ClN2OS. The molecule has 0 N–H and O–H groups in total. The summed E-state index contributed by atoms with van der Waals surface area (Å²) < 4.78 is 5.15. The molecule has 0 saturated heterocycles. The zero-order valence-corrected chi connectivity index (χ0v) is 11.1. The molecule has 0 unspecified atom stereocenters. The van der Waals surface area contributed by atoms with Crippen molar-refractivity contribution in [3.05, 3.63) is 47.1 Å². The number of nitrogens with zero attached hydrogens (tertiary/aromatic N) is 2. The van der Waals surface area contributed by atoms with E-state index in [1.54, 1.807) is 31.5 Å². The van der Waals surface area contributed by atoms with Crippen LogP contribution in [0.5, 0.6) is 5.75 Å². The van der Waals surface area contributed by atoms with Crippen LogP contribution < -0.4 is 4.74 Å². The third-order valence-electron chi connectivity index (χ3n) is 2.22. The van der Waals surface area contributed by atoms with E-state index in [0.29, 0.717) is 16.3 Å². The Morgan fingerprint density at radius 1 is 1.33 bits per heavy atom. The van der Waals surface area contributed by atoms with Gasteiger partial charge in [0.25, 0.3) is 0 Å². The third kappa shape index (κ3) is 2.95. The van der Waals surface area contributed by atoms with Crippen LogP contribution in [-0.4, -0.2) is 12.1 Å². The molecule has 0 aliphatic carbocycles. The van der Waals surface area contributed by atoms with Crippen molar-refractivity contribution in [3.8, 4) is 11.8 Å². The van der Waals surface area contributed by atoms with Crippen LogP contribution in [0.2, 0.25) is 5.02 Å². The molecule has 90 valence electrons. The Labute approximate surface area is 114 Å². The zero-order chi connectivity index (χ0) is 13.0. The van der Waals surface area contributed by atoms with Crippen LogP contribution in [0.15, 0.2) is 46.5 Å². The fraction of sp³-hybridized carbons (Fsp3) is 0.0769.